The third-order valence-electron chi connectivity index (χ3n) is 27.5. The minimum atomic E-state index is -0.238. The third kappa shape index (κ3) is 12.5. The number of benzene rings is 3. The van der Waals surface area contributed by atoms with Crippen LogP contribution in [0.5, 0.6) is 0 Å². The molecule has 2 heterocycles. The maximum Gasteiger partial charge on any atom is 0.410 e. The first-order valence-electron chi connectivity index (χ1n) is 37.2. The fourth-order valence-electron chi connectivity index (χ4n) is 22.3. The van der Waals surface area contributed by atoms with E-state index in [-0.39, 0.29) is 35.2 Å². The first kappa shape index (κ1) is 65.2. The Bertz CT molecular complexity index is 3300. The summed E-state index contributed by atoms with van der Waals surface area (Å²) in [6, 6.07) is 29.6. The zero-order chi connectivity index (χ0) is 64.4. The fraction of sp³-hybridized carbons (Fsp3) is 0.643. The van der Waals surface area contributed by atoms with Crippen LogP contribution in [0.15, 0.2) is 108 Å². The van der Waals surface area contributed by atoms with Crippen molar-refractivity contribution in [2.45, 2.75) is 236 Å². The number of carbonyl (C=O) groups is 2. The fourth-order valence-corrected chi connectivity index (χ4v) is 22.3. The highest BCUT2D eigenvalue weighted by atomic mass is 16.6. The smallest absolute Gasteiger partial charge is 0.410 e. The lowest BCUT2D eigenvalue weighted by Crippen LogP contribution is -2.51. The number of amides is 2. The molecule has 16 atom stereocenters. The molecule has 6 saturated carbocycles. The summed E-state index contributed by atoms with van der Waals surface area (Å²) in [5.74, 6) is 9.81. The molecule has 0 saturated heterocycles. The van der Waals surface area contributed by atoms with Gasteiger partial charge < -0.3 is 19.3 Å². The zero-order valence-electron chi connectivity index (χ0n) is 58.7. The van der Waals surface area contributed by atoms with Crippen LogP contribution in [0.3, 0.4) is 0 Å². The summed E-state index contributed by atoms with van der Waals surface area (Å²) in [6.45, 7) is 26.1. The minimum Gasteiger partial charge on any atom is -0.446 e. The first-order valence-corrected chi connectivity index (χ1v) is 37.2. The van der Waals surface area contributed by atoms with Gasteiger partial charge in [-0.15, -0.1) is 0 Å². The van der Waals surface area contributed by atoms with E-state index in [4.69, 9.17) is 19.4 Å². The van der Waals surface area contributed by atoms with Gasteiger partial charge in [0.1, 0.15) is 12.2 Å². The number of hydrogen-bond donors (Lipinski definition) is 0. The van der Waals surface area contributed by atoms with Gasteiger partial charge in [-0.25, -0.2) is 19.6 Å². The highest BCUT2D eigenvalue weighted by Gasteiger charge is 2.61. The van der Waals surface area contributed by atoms with Gasteiger partial charge in [-0.2, -0.15) is 0 Å². The molecule has 0 bridgehead atoms. The number of pyridine rings is 2. The van der Waals surface area contributed by atoms with Crippen molar-refractivity contribution in [3.63, 3.8) is 0 Å². The molecule has 3 aromatic carbocycles. The number of ether oxygens (including phenoxy) is 2. The number of rotatable bonds is 18. The standard InChI is InChI=1S/C84H114N4O4/c1-53(2)15-13-17-55(5)69-35-37-71-67-33-31-63-49-65(41-45-81(63,7)73(67)43-47-83(69,71)9)91-79(89)87(11)51-57-19-23-59(24-20-57)75-39-29-61-27-28-62-30-40-76(86-78(62)77(61)85-75)60-25-21-58(22-26-60)52-88(12)80(90)92-66-42-46-82(8)64(50-66)32-34-68-72-38-36-70(56(6)18-14-16-54(3)4)84(72,10)48-44-74(68)82/h19-32,39-40,53-56,65-74H,13-18,33-38,41-52H2,1-12H3/t55-,56-,65?,66?,67+,68+,69-,70-,71+,72+,73+,74+,81+,82+,83-,84-/m1/s1. The second kappa shape index (κ2) is 26.3. The van der Waals surface area contributed by atoms with Crippen LogP contribution in [-0.2, 0) is 22.6 Å². The molecule has 5 aromatic rings. The van der Waals surface area contributed by atoms with E-state index in [0.29, 0.717) is 23.9 Å². The summed E-state index contributed by atoms with van der Waals surface area (Å²) in [6.07, 6.45) is 32.3. The molecule has 494 valence electrons. The second-order valence-corrected chi connectivity index (χ2v) is 33.8. The average Bonchev–Trinajstić information content (AvgIpc) is 1.41. The van der Waals surface area contributed by atoms with E-state index < -0.39 is 0 Å². The van der Waals surface area contributed by atoms with Crippen molar-refractivity contribution in [1.82, 2.24) is 19.8 Å². The molecule has 0 N–H and O–H groups in total. The third-order valence-corrected chi connectivity index (χ3v) is 27.5. The summed E-state index contributed by atoms with van der Waals surface area (Å²) < 4.78 is 12.7. The maximum atomic E-state index is 13.8. The van der Waals surface area contributed by atoms with Crippen LogP contribution in [0.2, 0.25) is 0 Å². The molecule has 6 fully saturated rings. The Labute approximate surface area is 554 Å². The molecule has 8 aliphatic rings. The summed E-state index contributed by atoms with van der Waals surface area (Å²) in [5.41, 5.74) is 12.1. The number of aromatic nitrogens is 2. The molecule has 2 aromatic heterocycles. The number of fused-ring (bicyclic) bond motifs is 13. The molecule has 2 unspecified atom stereocenters. The van der Waals surface area contributed by atoms with Crippen LogP contribution in [0.4, 0.5) is 9.59 Å². The lowest BCUT2D eigenvalue weighted by molar-refractivity contribution is -0.0592. The monoisotopic (exact) mass is 1240 g/mol. The summed E-state index contributed by atoms with van der Waals surface area (Å²) in [5, 5.41) is 2.07. The SMILES string of the molecule is CC(C)CCC[C@@H](C)[C@H]1CC[C@H]2[C@@H]3CC=C4CC(OC(=O)N(C)Cc5ccc(-c6ccc7ccc8ccc(-c9ccc(CN(C)C(=O)OC%10CC[C@@]%11(C)C(=CC[C@H]%12[C@@H]%13CC[C@H]([C@H](C)CCCC(C)C)[C@@]%13(C)CC[C@@H]%12%11)C%10)cc9)nc8c7n6)cc5)CC[C@]4(C)[C@H]3CC[C@]12C. The minimum absolute atomic E-state index is 0.0724. The topological polar surface area (TPSA) is 84.9 Å². The van der Waals surface area contributed by atoms with Gasteiger partial charge in [-0.3, -0.25) is 0 Å². The summed E-state index contributed by atoms with van der Waals surface area (Å²) in [7, 11) is 3.73. The summed E-state index contributed by atoms with van der Waals surface area (Å²) in [4.78, 5) is 41.5. The molecule has 0 radical (unpaired) electrons. The van der Waals surface area contributed by atoms with Gasteiger partial charge in [-0.05, 0) is 206 Å². The summed E-state index contributed by atoms with van der Waals surface area (Å²) >= 11 is 0. The highest BCUT2D eigenvalue weighted by molar-refractivity contribution is 6.04. The Morgan fingerprint density at radius 2 is 0.870 bits per heavy atom. The van der Waals surface area contributed by atoms with Gasteiger partial charge in [0.05, 0.1) is 22.4 Å². The van der Waals surface area contributed by atoms with E-state index in [1.165, 1.54) is 103 Å². The molecule has 0 spiro atoms. The predicted molar refractivity (Wildman–Crippen MR) is 377 cm³/mol. The number of carbonyl (C=O) groups excluding carboxylic acids is 2. The van der Waals surface area contributed by atoms with Crippen LogP contribution in [0.25, 0.3) is 44.3 Å². The lowest BCUT2D eigenvalue weighted by atomic mass is 9.47. The molecule has 8 aliphatic carbocycles. The van der Waals surface area contributed by atoms with Crippen molar-refractivity contribution in [3.05, 3.63) is 119 Å². The molecule has 13 rings (SSSR count). The van der Waals surface area contributed by atoms with Crippen LogP contribution in [-0.4, -0.2) is 58.3 Å². The molecular weight excluding hydrogens is 1130 g/mol. The lowest BCUT2D eigenvalue weighted by Gasteiger charge is -2.58. The quantitative estimate of drug-likeness (QED) is 0.0642. The molecule has 2 amide bonds. The van der Waals surface area contributed by atoms with Crippen LogP contribution in [0, 0.1) is 92.7 Å². The zero-order valence-corrected chi connectivity index (χ0v) is 58.7. The van der Waals surface area contributed by atoms with Crippen LogP contribution >= 0.6 is 0 Å². The highest BCUT2D eigenvalue weighted by Crippen LogP contribution is 2.69. The van der Waals surface area contributed by atoms with E-state index >= 15 is 0 Å². The molecule has 92 heavy (non-hydrogen) atoms. The van der Waals surface area contributed by atoms with E-state index in [2.05, 4.69) is 166 Å². The van der Waals surface area contributed by atoms with Gasteiger partial charge in [0.15, 0.2) is 0 Å². The van der Waals surface area contributed by atoms with Gasteiger partial charge in [0.2, 0.25) is 0 Å². The van der Waals surface area contributed by atoms with Crippen molar-refractivity contribution < 1.29 is 19.1 Å². The Morgan fingerprint density at radius 3 is 1.26 bits per heavy atom. The number of allylic oxidation sites excluding steroid dienone is 2. The Kier molecular flexibility index (Phi) is 18.6. The Balaban J connectivity index is 0.591. The van der Waals surface area contributed by atoms with E-state index in [0.717, 1.165) is 165 Å². The van der Waals surface area contributed by atoms with Gasteiger partial charge in [-0.1, -0.05) is 204 Å². The normalized spacial score (nSPS) is 32.9. The number of nitrogens with zero attached hydrogens (tertiary/aromatic N) is 4. The number of hydrogen-bond acceptors (Lipinski definition) is 6. The Morgan fingerprint density at radius 1 is 0.478 bits per heavy atom. The van der Waals surface area contributed by atoms with Gasteiger partial charge in [0, 0.05) is 61.9 Å². The van der Waals surface area contributed by atoms with Crippen molar-refractivity contribution in [1.29, 1.82) is 0 Å². The predicted octanol–water partition coefficient (Wildman–Crippen LogP) is 22.1. The van der Waals surface area contributed by atoms with Crippen LogP contribution in [0.1, 0.15) is 222 Å². The second-order valence-electron chi connectivity index (χ2n) is 33.8. The molecular formula is C84H114N4O4. The largest absolute Gasteiger partial charge is 0.446 e. The average molecular weight is 1240 g/mol. The van der Waals surface area contributed by atoms with Crippen molar-refractivity contribution in [2.75, 3.05) is 14.1 Å². The van der Waals surface area contributed by atoms with Crippen molar-refractivity contribution in [2.24, 2.45) is 92.7 Å². The van der Waals surface area contributed by atoms with E-state index in [1.54, 1.807) is 20.9 Å². The first-order chi connectivity index (χ1) is 44.1. The maximum absolute atomic E-state index is 13.8. The molecule has 8 nitrogen and oxygen atoms in total. The van der Waals surface area contributed by atoms with Crippen molar-refractivity contribution in [3.8, 4) is 22.5 Å². The molecule has 8 heteroatoms. The van der Waals surface area contributed by atoms with Gasteiger partial charge >= 0.3 is 12.2 Å². The Hall–Kier alpha value is -5.50. The van der Waals surface area contributed by atoms with Crippen molar-refractivity contribution >= 4 is 34.0 Å². The van der Waals surface area contributed by atoms with Crippen LogP contribution < -0.4 is 0 Å². The van der Waals surface area contributed by atoms with E-state index in [1.807, 2.05) is 14.1 Å². The van der Waals surface area contributed by atoms with Gasteiger partial charge in [0.25, 0.3) is 0 Å². The van der Waals surface area contributed by atoms with E-state index in [9.17, 15) is 9.59 Å². The molecule has 0 aliphatic heterocycles.